The Kier molecular flexibility index (Phi) is 6.56. The maximum absolute atomic E-state index is 11.7. The first kappa shape index (κ1) is 16.0. The molecule has 3 N–H and O–H groups in total. The van der Waals surface area contributed by atoms with Crippen molar-refractivity contribution >= 4 is 17.7 Å². The molecular weight excluding hydrogens is 256 g/mol. The first-order valence-electron chi connectivity index (χ1n) is 6.79. The number of carboxylic acids is 1. The number of carbonyl (C=O) groups is 2. The van der Waals surface area contributed by atoms with Crippen LogP contribution in [0.4, 0.5) is 10.5 Å². The maximum atomic E-state index is 11.7. The standard InChI is InChI=1S/C15H22N2O3/c1-11(2)8-12(9-14(18)19)10-16-15(20)17-13-6-4-3-5-7-13/h3-7,11-12H,8-10H2,1-2H3,(H,18,19)(H2,16,17,20). The maximum Gasteiger partial charge on any atom is 0.319 e. The van der Waals surface area contributed by atoms with Gasteiger partial charge in [-0.15, -0.1) is 0 Å². The van der Waals surface area contributed by atoms with Crippen LogP contribution in [0, 0.1) is 11.8 Å². The van der Waals surface area contributed by atoms with Crippen LogP contribution in [0.15, 0.2) is 30.3 Å². The van der Waals surface area contributed by atoms with Gasteiger partial charge in [-0.1, -0.05) is 32.0 Å². The minimum atomic E-state index is -0.832. The highest BCUT2D eigenvalue weighted by Gasteiger charge is 2.16. The van der Waals surface area contributed by atoms with Crippen molar-refractivity contribution in [2.45, 2.75) is 26.7 Å². The predicted octanol–water partition coefficient (Wildman–Crippen LogP) is 2.95. The molecule has 0 aliphatic heterocycles. The van der Waals surface area contributed by atoms with Crippen LogP contribution < -0.4 is 10.6 Å². The average Bonchev–Trinajstić information content (AvgIpc) is 2.36. The number of urea groups is 1. The predicted molar refractivity (Wildman–Crippen MR) is 78.7 cm³/mol. The van der Waals surface area contributed by atoms with Crippen LogP contribution in [0.1, 0.15) is 26.7 Å². The lowest BCUT2D eigenvalue weighted by molar-refractivity contribution is -0.138. The number of hydrogen-bond donors (Lipinski definition) is 3. The number of nitrogens with one attached hydrogen (secondary N) is 2. The molecule has 1 rings (SSSR count). The molecule has 0 saturated carbocycles. The van der Waals surface area contributed by atoms with Crippen molar-refractivity contribution in [2.75, 3.05) is 11.9 Å². The largest absolute Gasteiger partial charge is 0.481 e. The number of hydrogen-bond acceptors (Lipinski definition) is 2. The molecule has 0 saturated heterocycles. The normalized spacial score (nSPS) is 11.9. The molecule has 1 atom stereocenters. The molecule has 1 unspecified atom stereocenters. The highest BCUT2D eigenvalue weighted by molar-refractivity contribution is 5.89. The number of aliphatic carboxylic acids is 1. The number of anilines is 1. The van der Waals surface area contributed by atoms with Crippen molar-refractivity contribution in [1.29, 1.82) is 0 Å². The van der Waals surface area contributed by atoms with Crippen molar-refractivity contribution in [3.63, 3.8) is 0 Å². The SMILES string of the molecule is CC(C)CC(CNC(=O)Nc1ccccc1)CC(=O)O. The molecular formula is C15H22N2O3. The van der Waals surface area contributed by atoms with E-state index in [1.807, 2.05) is 32.0 Å². The molecule has 0 radical (unpaired) electrons. The van der Waals surface area contributed by atoms with Crippen LogP contribution in [-0.2, 0) is 4.79 Å². The second kappa shape index (κ2) is 8.19. The van der Waals surface area contributed by atoms with Gasteiger partial charge >= 0.3 is 12.0 Å². The third kappa shape index (κ3) is 6.78. The molecule has 0 aliphatic carbocycles. The summed E-state index contributed by atoms with van der Waals surface area (Å²) in [6.45, 7) is 4.45. The van der Waals surface area contributed by atoms with E-state index in [9.17, 15) is 9.59 Å². The van der Waals surface area contributed by atoms with Gasteiger partial charge in [0.25, 0.3) is 0 Å². The van der Waals surface area contributed by atoms with Gasteiger partial charge < -0.3 is 15.7 Å². The molecule has 5 heteroatoms. The molecule has 110 valence electrons. The molecule has 1 aromatic rings. The Morgan fingerprint density at radius 3 is 2.40 bits per heavy atom. The molecule has 5 nitrogen and oxygen atoms in total. The van der Waals surface area contributed by atoms with E-state index < -0.39 is 5.97 Å². The van der Waals surface area contributed by atoms with Crippen LogP contribution in [-0.4, -0.2) is 23.7 Å². The summed E-state index contributed by atoms with van der Waals surface area (Å²) in [7, 11) is 0. The van der Waals surface area contributed by atoms with Crippen molar-refractivity contribution in [1.82, 2.24) is 5.32 Å². The van der Waals surface area contributed by atoms with Crippen LogP contribution in [0.3, 0.4) is 0 Å². The van der Waals surface area contributed by atoms with Crippen molar-refractivity contribution in [3.8, 4) is 0 Å². The van der Waals surface area contributed by atoms with Crippen molar-refractivity contribution in [3.05, 3.63) is 30.3 Å². The van der Waals surface area contributed by atoms with E-state index in [-0.39, 0.29) is 18.4 Å². The van der Waals surface area contributed by atoms with E-state index in [4.69, 9.17) is 5.11 Å². The zero-order chi connectivity index (χ0) is 15.0. The summed E-state index contributed by atoms with van der Waals surface area (Å²) in [4.78, 5) is 22.5. The Bertz CT molecular complexity index is 432. The topological polar surface area (TPSA) is 78.4 Å². The van der Waals surface area contributed by atoms with Crippen molar-refractivity contribution in [2.24, 2.45) is 11.8 Å². The molecule has 20 heavy (non-hydrogen) atoms. The fourth-order valence-corrected chi connectivity index (χ4v) is 2.09. The van der Waals surface area contributed by atoms with Gasteiger partial charge in [0.2, 0.25) is 0 Å². The van der Waals surface area contributed by atoms with Crippen molar-refractivity contribution < 1.29 is 14.7 Å². The summed E-state index contributed by atoms with van der Waals surface area (Å²) in [5.74, 6) is -0.478. The number of para-hydroxylation sites is 1. The van der Waals surface area contributed by atoms with E-state index >= 15 is 0 Å². The summed E-state index contributed by atoms with van der Waals surface area (Å²) in [6.07, 6.45) is 0.849. The zero-order valence-corrected chi connectivity index (χ0v) is 11.9. The lowest BCUT2D eigenvalue weighted by atomic mass is 9.94. The Labute approximate surface area is 119 Å². The molecule has 0 aliphatic rings. The molecule has 1 aromatic carbocycles. The first-order valence-corrected chi connectivity index (χ1v) is 6.79. The van der Waals surface area contributed by atoms with Gasteiger partial charge in [0.05, 0.1) is 0 Å². The van der Waals surface area contributed by atoms with Gasteiger partial charge in [-0.3, -0.25) is 4.79 Å². The monoisotopic (exact) mass is 278 g/mol. The van der Waals surface area contributed by atoms with Gasteiger partial charge in [-0.05, 0) is 30.4 Å². The van der Waals surface area contributed by atoms with E-state index in [0.29, 0.717) is 18.2 Å². The highest BCUT2D eigenvalue weighted by atomic mass is 16.4. The van der Waals surface area contributed by atoms with Crippen LogP contribution >= 0.6 is 0 Å². The quantitative estimate of drug-likeness (QED) is 0.717. The summed E-state index contributed by atoms with van der Waals surface area (Å²) >= 11 is 0. The Hall–Kier alpha value is -2.04. The first-order chi connectivity index (χ1) is 9.47. The number of rotatable bonds is 7. The number of carbonyl (C=O) groups excluding carboxylic acids is 1. The fraction of sp³-hybridized carbons (Fsp3) is 0.467. The lowest BCUT2D eigenvalue weighted by Gasteiger charge is -2.18. The van der Waals surface area contributed by atoms with Gasteiger partial charge in [0.1, 0.15) is 0 Å². The van der Waals surface area contributed by atoms with Crippen LogP contribution in [0.5, 0.6) is 0 Å². The molecule has 0 fully saturated rings. The number of carboxylic acid groups (broad SMARTS) is 1. The molecule has 0 spiro atoms. The van der Waals surface area contributed by atoms with Gasteiger partial charge in [-0.25, -0.2) is 4.79 Å². The minimum absolute atomic E-state index is 0.0472. The molecule has 0 bridgehead atoms. The number of amides is 2. The van der Waals surface area contributed by atoms with Crippen LogP contribution in [0.2, 0.25) is 0 Å². The molecule has 2 amide bonds. The van der Waals surface area contributed by atoms with Gasteiger partial charge in [0.15, 0.2) is 0 Å². The number of benzene rings is 1. The van der Waals surface area contributed by atoms with E-state index in [2.05, 4.69) is 10.6 Å². The Balaban J connectivity index is 2.41. The van der Waals surface area contributed by atoms with E-state index in [1.54, 1.807) is 12.1 Å². The highest BCUT2D eigenvalue weighted by Crippen LogP contribution is 2.14. The van der Waals surface area contributed by atoms with Gasteiger partial charge in [0, 0.05) is 18.7 Å². The molecule has 0 heterocycles. The van der Waals surface area contributed by atoms with E-state index in [0.717, 1.165) is 6.42 Å². The Morgan fingerprint density at radius 1 is 1.20 bits per heavy atom. The van der Waals surface area contributed by atoms with Gasteiger partial charge in [-0.2, -0.15) is 0 Å². The smallest absolute Gasteiger partial charge is 0.319 e. The summed E-state index contributed by atoms with van der Waals surface area (Å²) in [6, 6.07) is 8.82. The van der Waals surface area contributed by atoms with Crippen LogP contribution in [0.25, 0.3) is 0 Å². The second-order valence-corrected chi connectivity index (χ2v) is 5.29. The third-order valence-electron chi connectivity index (χ3n) is 2.85. The Morgan fingerprint density at radius 2 is 1.85 bits per heavy atom. The summed E-state index contributed by atoms with van der Waals surface area (Å²) in [5.41, 5.74) is 0.712. The van der Waals surface area contributed by atoms with E-state index in [1.165, 1.54) is 0 Å². The summed E-state index contributed by atoms with van der Waals surface area (Å²) in [5, 5.41) is 14.3. The summed E-state index contributed by atoms with van der Waals surface area (Å²) < 4.78 is 0. The average molecular weight is 278 g/mol. The zero-order valence-electron chi connectivity index (χ0n) is 11.9. The second-order valence-electron chi connectivity index (χ2n) is 5.29. The minimum Gasteiger partial charge on any atom is -0.481 e. The fourth-order valence-electron chi connectivity index (χ4n) is 2.09. The lowest BCUT2D eigenvalue weighted by Crippen LogP contribution is -2.34. The third-order valence-corrected chi connectivity index (χ3v) is 2.85. The molecule has 0 aromatic heterocycles.